The van der Waals surface area contributed by atoms with Crippen molar-refractivity contribution < 1.29 is 5.11 Å². The molecule has 1 saturated heterocycles. The number of thiocarbonyl (C=S) groups is 1. The maximum Gasteiger partial charge on any atom is 0.105 e. The molecule has 0 aromatic heterocycles. The molecule has 1 aliphatic heterocycles. The lowest BCUT2D eigenvalue weighted by molar-refractivity contribution is 0.244. The van der Waals surface area contributed by atoms with Gasteiger partial charge in [-0.2, -0.15) is 0 Å². The molecular formula is C14H19BrN2OS. The number of nitrogens with two attached hydrogens (primary N) is 1. The zero-order valence-electron chi connectivity index (χ0n) is 10.8. The fourth-order valence-corrected chi connectivity index (χ4v) is 3.51. The summed E-state index contributed by atoms with van der Waals surface area (Å²) < 4.78 is 0.946. The second-order valence-corrected chi connectivity index (χ2v) is 6.29. The first-order chi connectivity index (χ1) is 9.11. The fraction of sp³-hybridized carbons (Fsp3) is 0.500. The van der Waals surface area contributed by atoms with Crippen LogP contribution in [0.15, 0.2) is 22.7 Å². The summed E-state index contributed by atoms with van der Waals surface area (Å²) in [4.78, 5) is 2.79. The van der Waals surface area contributed by atoms with E-state index in [1.54, 1.807) is 0 Å². The van der Waals surface area contributed by atoms with Crippen molar-refractivity contribution in [3.63, 3.8) is 0 Å². The monoisotopic (exact) mass is 342 g/mol. The van der Waals surface area contributed by atoms with Gasteiger partial charge in [0.2, 0.25) is 0 Å². The number of aliphatic hydroxyl groups is 1. The van der Waals surface area contributed by atoms with Crippen molar-refractivity contribution in [1.82, 2.24) is 0 Å². The van der Waals surface area contributed by atoms with Gasteiger partial charge >= 0.3 is 0 Å². The van der Waals surface area contributed by atoms with Crippen LogP contribution in [0.2, 0.25) is 0 Å². The fourth-order valence-electron chi connectivity index (χ4n) is 2.62. The third kappa shape index (κ3) is 3.68. The van der Waals surface area contributed by atoms with Gasteiger partial charge in [-0.3, -0.25) is 0 Å². The lowest BCUT2D eigenvalue weighted by Crippen LogP contribution is -2.35. The largest absolute Gasteiger partial charge is 0.396 e. The molecule has 1 unspecified atom stereocenters. The molecule has 1 atom stereocenters. The predicted octanol–water partition coefficient (Wildman–Crippen LogP) is 2.68. The molecule has 1 aromatic carbocycles. The molecule has 0 amide bonds. The van der Waals surface area contributed by atoms with E-state index in [0.717, 1.165) is 29.5 Å². The third-order valence-corrected chi connectivity index (χ3v) is 4.52. The Kier molecular flexibility index (Phi) is 5.19. The molecule has 2 rings (SSSR count). The maximum absolute atomic E-state index is 9.06. The molecule has 0 aliphatic carbocycles. The van der Waals surface area contributed by atoms with E-state index in [1.165, 1.54) is 18.5 Å². The Hall–Kier alpha value is -0.650. The van der Waals surface area contributed by atoms with Gasteiger partial charge in [0.15, 0.2) is 0 Å². The highest BCUT2D eigenvalue weighted by molar-refractivity contribution is 9.10. The van der Waals surface area contributed by atoms with Gasteiger partial charge in [0.05, 0.1) is 0 Å². The predicted molar refractivity (Wildman–Crippen MR) is 86.7 cm³/mol. The Labute approximate surface area is 127 Å². The molecule has 3 nitrogen and oxygen atoms in total. The first-order valence-electron chi connectivity index (χ1n) is 6.57. The van der Waals surface area contributed by atoms with Gasteiger partial charge in [-0.05, 0) is 59.3 Å². The highest BCUT2D eigenvalue weighted by Gasteiger charge is 2.20. The molecule has 0 spiro atoms. The molecule has 0 saturated carbocycles. The van der Waals surface area contributed by atoms with Crippen LogP contribution in [-0.4, -0.2) is 29.8 Å². The molecular weight excluding hydrogens is 324 g/mol. The Bertz CT molecular complexity index is 465. The normalized spacial score (nSPS) is 19.5. The van der Waals surface area contributed by atoms with Crippen LogP contribution < -0.4 is 10.6 Å². The number of hydrogen-bond acceptors (Lipinski definition) is 3. The van der Waals surface area contributed by atoms with Crippen molar-refractivity contribution in [3.8, 4) is 0 Å². The van der Waals surface area contributed by atoms with Crippen molar-refractivity contribution in [2.75, 3.05) is 24.6 Å². The van der Waals surface area contributed by atoms with E-state index in [-0.39, 0.29) is 6.61 Å². The number of hydrogen-bond donors (Lipinski definition) is 2. The van der Waals surface area contributed by atoms with E-state index in [9.17, 15) is 0 Å². The first kappa shape index (κ1) is 14.8. The molecule has 1 heterocycles. The standard InChI is InChI=1S/C14H19BrN2OS/c15-13-8-11(3-4-12(13)14(16)19)17-6-1-2-10(9-17)5-7-18/h3-4,8,10,18H,1-2,5-7,9H2,(H2,16,19). The minimum Gasteiger partial charge on any atom is -0.396 e. The number of piperidine rings is 1. The number of rotatable bonds is 4. The summed E-state index contributed by atoms with van der Waals surface area (Å²) in [7, 11) is 0. The Balaban J connectivity index is 2.13. The second kappa shape index (κ2) is 6.68. The summed E-state index contributed by atoms with van der Waals surface area (Å²) in [6.07, 6.45) is 3.28. The van der Waals surface area contributed by atoms with Crippen LogP contribution in [0.1, 0.15) is 24.8 Å². The molecule has 5 heteroatoms. The van der Waals surface area contributed by atoms with Crippen molar-refractivity contribution in [2.45, 2.75) is 19.3 Å². The Morgan fingerprint density at radius 1 is 1.53 bits per heavy atom. The maximum atomic E-state index is 9.06. The van der Waals surface area contributed by atoms with Crippen LogP contribution in [0.5, 0.6) is 0 Å². The van der Waals surface area contributed by atoms with Crippen molar-refractivity contribution >= 4 is 38.8 Å². The SMILES string of the molecule is NC(=S)c1ccc(N2CCCC(CCO)C2)cc1Br. The Morgan fingerprint density at radius 3 is 2.95 bits per heavy atom. The highest BCUT2D eigenvalue weighted by atomic mass is 79.9. The van der Waals surface area contributed by atoms with Gasteiger partial charge in [-0.1, -0.05) is 12.2 Å². The van der Waals surface area contributed by atoms with E-state index in [4.69, 9.17) is 23.1 Å². The van der Waals surface area contributed by atoms with Gasteiger partial charge < -0.3 is 15.7 Å². The molecule has 1 aliphatic rings. The molecule has 0 bridgehead atoms. The van der Waals surface area contributed by atoms with Crippen LogP contribution in [-0.2, 0) is 0 Å². The van der Waals surface area contributed by atoms with Gasteiger partial charge in [0.1, 0.15) is 4.99 Å². The van der Waals surface area contributed by atoms with Crippen molar-refractivity contribution in [1.29, 1.82) is 0 Å². The van der Waals surface area contributed by atoms with E-state index in [2.05, 4.69) is 33.0 Å². The molecule has 1 aromatic rings. The lowest BCUT2D eigenvalue weighted by atomic mass is 9.94. The summed E-state index contributed by atoms with van der Waals surface area (Å²) in [6.45, 7) is 2.36. The molecule has 104 valence electrons. The lowest BCUT2D eigenvalue weighted by Gasteiger charge is -2.34. The summed E-state index contributed by atoms with van der Waals surface area (Å²) in [5, 5.41) is 9.06. The van der Waals surface area contributed by atoms with Crippen molar-refractivity contribution in [2.24, 2.45) is 11.7 Å². The van der Waals surface area contributed by atoms with Gasteiger partial charge in [0, 0.05) is 35.4 Å². The summed E-state index contributed by atoms with van der Waals surface area (Å²) >= 11 is 8.53. The summed E-state index contributed by atoms with van der Waals surface area (Å²) in [6, 6.07) is 6.12. The number of nitrogens with zero attached hydrogens (tertiary/aromatic N) is 1. The highest BCUT2D eigenvalue weighted by Crippen LogP contribution is 2.28. The van der Waals surface area contributed by atoms with Gasteiger partial charge in [0.25, 0.3) is 0 Å². The topological polar surface area (TPSA) is 49.5 Å². The number of benzene rings is 1. The zero-order chi connectivity index (χ0) is 13.8. The van der Waals surface area contributed by atoms with E-state index < -0.39 is 0 Å². The van der Waals surface area contributed by atoms with Crippen molar-refractivity contribution in [3.05, 3.63) is 28.2 Å². The first-order valence-corrected chi connectivity index (χ1v) is 7.77. The minimum atomic E-state index is 0.280. The van der Waals surface area contributed by atoms with Gasteiger partial charge in [-0.15, -0.1) is 0 Å². The molecule has 0 radical (unpaired) electrons. The van der Waals surface area contributed by atoms with Gasteiger partial charge in [-0.25, -0.2) is 0 Å². The average molecular weight is 343 g/mol. The van der Waals surface area contributed by atoms with Crippen LogP contribution in [0.3, 0.4) is 0 Å². The summed E-state index contributed by atoms with van der Waals surface area (Å²) in [5.74, 6) is 0.591. The smallest absolute Gasteiger partial charge is 0.105 e. The quantitative estimate of drug-likeness (QED) is 0.826. The third-order valence-electron chi connectivity index (χ3n) is 3.64. The zero-order valence-corrected chi connectivity index (χ0v) is 13.2. The van der Waals surface area contributed by atoms with Crippen LogP contribution >= 0.6 is 28.1 Å². The van der Waals surface area contributed by atoms with E-state index >= 15 is 0 Å². The second-order valence-electron chi connectivity index (χ2n) is 4.99. The van der Waals surface area contributed by atoms with Crippen LogP contribution in [0.25, 0.3) is 0 Å². The Morgan fingerprint density at radius 2 is 2.32 bits per heavy atom. The van der Waals surface area contributed by atoms with Crippen LogP contribution in [0, 0.1) is 5.92 Å². The van der Waals surface area contributed by atoms with Crippen LogP contribution in [0.4, 0.5) is 5.69 Å². The average Bonchev–Trinajstić information content (AvgIpc) is 2.39. The minimum absolute atomic E-state index is 0.280. The number of halogens is 1. The number of aliphatic hydroxyl groups excluding tert-OH is 1. The summed E-state index contributed by atoms with van der Waals surface area (Å²) in [5.41, 5.74) is 7.73. The number of anilines is 1. The molecule has 19 heavy (non-hydrogen) atoms. The molecule has 3 N–H and O–H groups in total. The molecule has 1 fully saturated rings. The van der Waals surface area contributed by atoms with E-state index in [1.807, 2.05) is 6.07 Å². The van der Waals surface area contributed by atoms with E-state index in [0.29, 0.717) is 10.9 Å².